The maximum absolute atomic E-state index is 12.9. The highest BCUT2D eigenvalue weighted by atomic mass is 16.6. The standard InChI is InChI=1S/C26H31NO2/c1-18-9-6-7-11-20(18)15-26-16-22-19(2)10-8-12-21(22)23(26)13-14-27(17-26)24(28)29-25(3,4)5/h6-13H,14-17H2,1-5H3/t26-/m1/s1. The lowest BCUT2D eigenvalue weighted by atomic mass is 9.72. The van der Waals surface area contributed by atoms with Gasteiger partial charge in [0.05, 0.1) is 0 Å². The van der Waals surface area contributed by atoms with E-state index >= 15 is 0 Å². The molecule has 3 heteroatoms. The predicted octanol–water partition coefficient (Wildman–Crippen LogP) is 5.72. The van der Waals surface area contributed by atoms with E-state index in [1.807, 2.05) is 25.7 Å². The monoisotopic (exact) mass is 389 g/mol. The minimum absolute atomic E-state index is 0.101. The summed E-state index contributed by atoms with van der Waals surface area (Å²) in [6.45, 7) is 11.4. The number of carbonyl (C=O) groups is 1. The van der Waals surface area contributed by atoms with E-state index in [0.29, 0.717) is 13.1 Å². The number of aryl methyl sites for hydroxylation is 2. The third-order valence-electron chi connectivity index (χ3n) is 6.24. The second-order valence-electron chi connectivity index (χ2n) is 9.64. The fourth-order valence-corrected chi connectivity index (χ4v) is 4.86. The maximum atomic E-state index is 12.9. The normalized spacial score (nSPS) is 20.7. The summed E-state index contributed by atoms with van der Waals surface area (Å²) in [4.78, 5) is 14.8. The van der Waals surface area contributed by atoms with Crippen LogP contribution < -0.4 is 0 Å². The molecule has 1 amide bonds. The van der Waals surface area contributed by atoms with E-state index in [0.717, 1.165) is 12.8 Å². The zero-order valence-corrected chi connectivity index (χ0v) is 18.2. The first kappa shape index (κ1) is 19.8. The molecule has 1 atom stereocenters. The van der Waals surface area contributed by atoms with Crippen molar-refractivity contribution in [3.63, 3.8) is 0 Å². The van der Waals surface area contributed by atoms with Gasteiger partial charge in [0.25, 0.3) is 0 Å². The smallest absolute Gasteiger partial charge is 0.410 e. The Bertz CT molecular complexity index is 982. The predicted molar refractivity (Wildman–Crippen MR) is 118 cm³/mol. The van der Waals surface area contributed by atoms with Gasteiger partial charge in [0.15, 0.2) is 0 Å². The number of rotatable bonds is 2. The van der Waals surface area contributed by atoms with Crippen molar-refractivity contribution in [2.24, 2.45) is 5.41 Å². The van der Waals surface area contributed by atoms with Crippen molar-refractivity contribution in [2.45, 2.75) is 53.1 Å². The summed E-state index contributed by atoms with van der Waals surface area (Å²) in [6.07, 6.45) is 3.94. The molecule has 0 N–H and O–H groups in total. The first-order valence-electron chi connectivity index (χ1n) is 10.5. The van der Waals surface area contributed by atoms with Crippen molar-refractivity contribution in [3.05, 3.63) is 76.4 Å². The summed E-state index contributed by atoms with van der Waals surface area (Å²) >= 11 is 0. The molecule has 0 bridgehead atoms. The van der Waals surface area contributed by atoms with Crippen LogP contribution >= 0.6 is 0 Å². The van der Waals surface area contributed by atoms with Crippen LogP contribution in [0.4, 0.5) is 4.79 Å². The van der Waals surface area contributed by atoms with E-state index in [1.54, 1.807) is 0 Å². The first-order valence-corrected chi connectivity index (χ1v) is 10.5. The van der Waals surface area contributed by atoms with Crippen LogP contribution in [-0.4, -0.2) is 29.7 Å². The number of amides is 1. The van der Waals surface area contributed by atoms with E-state index < -0.39 is 5.60 Å². The van der Waals surface area contributed by atoms with Gasteiger partial charge in [-0.25, -0.2) is 4.79 Å². The number of carbonyl (C=O) groups excluding carboxylic acids is 1. The maximum Gasteiger partial charge on any atom is 0.410 e. The highest BCUT2D eigenvalue weighted by molar-refractivity contribution is 5.81. The molecule has 2 aromatic carbocycles. The third-order valence-corrected chi connectivity index (χ3v) is 6.24. The van der Waals surface area contributed by atoms with Gasteiger partial charge in [-0.15, -0.1) is 0 Å². The van der Waals surface area contributed by atoms with E-state index in [4.69, 9.17) is 4.74 Å². The van der Waals surface area contributed by atoms with Crippen LogP contribution in [0.2, 0.25) is 0 Å². The molecule has 0 saturated heterocycles. The SMILES string of the molecule is Cc1ccccc1C[C@]12Cc3c(C)cccc3C1=CCN(C(=O)OC(C)(C)C)C2. The summed E-state index contributed by atoms with van der Waals surface area (Å²) in [5.74, 6) is 0. The fourth-order valence-electron chi connectivity index (χ4n) is 4.86. The van der Waals surface area contributed by atoms with Gasteiger partial charge in [0, 0.05) is 18.5 Å². The van der Waals surface area contributed by atoms with E-state index in [9.17, 15) is 4.79 Å². The zero-order chi connectivity index (χ0) is 20.8. The van der Waals surface area contributed by atoms with Gasteiger partial charge in [-0.05, 0) is 80.9 Å². The number of ether oxygens (including phenoxy) is 1. The van der Waals surface area contributed by atoms with Gasteiger partial charge in [-0.1, -0.05) is 48.5 Å². The molecule has 2 aromatic rings. The average molecular weight is 390 g/mol. The summed E-state index contributed by atoms with van der Waals surface area (Å²) in [6, 6.07) is 15.2. The largest absolute Gasteiger partial charge is 0.444 e. The van der Waals surface area contributed by atoms with Crippen molar-refractivity contribution in [1.82, 2.24) is 4.90 Å². The van der Waals surface area contributed by atoms with Gasteiger partial charge < -0.3 is 9.64 Å². The fraction of sp³-hybridized carbons (Fsp3) is 0.423. The van der Waals surface area contributed by atoms with Crippen molar-refractivity contribution in [3.8, 4) is 0 Å². The van der Waals surface area contributed by atoms with Crippen LogP contribution in [0.1, 0.15) is 48.6 Å². The highest BCUT2D eigenvalue weighted by Crippen LogP contribution is 2.52. The summed E-state index contributed by atoms with van der Waals surface area (Å²) in [7, 11) is 0. The van der Waals surface area contributed by atoms with Crippen LogP contribution in [0.3, 0.4) is 0 Å². The minimum Gasteiger partial charge on any atom is -0.444 e. The molecule has 4 rings (SSSR count). The quantitative estimate of drug-likeness (QED) is 0.657. The Morgan fingerprint density at radius 3 is 2.52 bits per heavy atom. The Hall–Kier alpha value is -2.55. The molecule has 0 unspecified atom stereocenters. The van der Waals surface area contributed by atoms with Gasteiger partial charge >= 0.3 is 6.09 Å². The molecule has 29 heavy (non-hydrogen) atoms. The molecular formula is C26H31NO2. The molecule has 1 aliphatic carbocycles. The Labute approximate surface area is 174 Å². The molecule has 0 saturated carbocycles. The lowest BCUT2D eigenvalue weighted by Crippen LogP contribution is -2.47. The summed E-state index contributed by atoms with van der Waals surface area (Å²) < 4.78 is 5.70. The molecule has 0 spiro atoms. The van der Waals surface area contributed by atoms with Crippen LogP contribution in [-0.2, 0) is 17.6 Å². The second kappa shape index (κ2) is 7.05. The van der Waals surface area contributed by atoms with Crippen LogP contribution in [0.5, 0.6) is 0 Å². The van der Waals surface area contributed by atoms with Crippen LogP contribution in [0.15, 0.2) is 48.5 Å². The third kappa shape index (κ3) is 3.71. The van der Waals surface area contributed by atoms with E-state index in [2.05, 4.69) is 62.4 Å². The molecule has 1 heterocycles. The van der Waals surface area contributed by atoms with Crippen LogP contribution in [0, 0.1) is 19.3 Å². The van der Waals surface area contributed by atoms with Gasteiger partial charge in [0.1, 0.15) is 5.60 Å². The Kier molecular flexibility index (Phi) is 4.80. The highest BCUT2D eigenvalue weighted by Gasteiger charge is 2.46. The van der Waals surface area contributed by atoms with E-state index in [-0.39, 0.29) is 11.5 Å². The molecule has 0 aromatic heterocycles. The van der Waals surface area contributed by atoms with Crippen molar-refractivity contribution in [2.75, 3.05) is 13.1 Å². The topological polar surface area (TPSA) is 29.5 Å². The lowest BCUT2D eigenvalue weighted by Gasteiger charge is -2.41. The first-order chi connectivity index (χ1) is 13.7. The van der Waals surface area contributed by atoms with Crippen molar-refractivity contribution in [1.29, 1.82) is 0 Å². The Balaban J connectivity index is 1.74. The molecule has 1 aliphatic heterocycles. The number of nitrogens with zero attached hydrogens (tertiary/aromatic N) is 1. The Morgan fingerprint density at radius 1 is 1.07 bits per heavy atom. The van der Waals surface area contributed by atoms with Gasteiger partial charge in [-0.2, -0.15) is 0 Å². The lowest BCUT2D eigenvalue weighted by molar-refractivity contribution is 0.0205. The number of hydrogen-bond donors (Lipinski definition) is 0. The molecule has 0 fully saturated rings. The molecule has 3 nitrogen and oxygen atoms in total. The van der Waals surface area contributed by atoms with Gasteiger partial charge in [0.2, 0.25) is 0 Å². The van der Waals surface area contributed by atoms with Gasteiger partial charge in [-0.3, -0.25) is 0 Å². The number of hydrogen-bond acceptors (Lipinski definition) is 2. The molecule has 152 valence electrons. The molecule has 2 aliphatic rings. The minimum atomic E-state index is -0.487. The summed E-state index contributed by atoms with van der Waals surface area (Å²) in [5.41, 5.74) is 7.61. The molecular weight excluding hydrogens is 358 g/mol. The van der Waals surface area contributed by atoms with Crippen molar-refractivity contribution < 1.29 is 9.53 Å². The second-order valence-corrected chi connectivity index (χ2v) is 9.64. The van der Waals surface area contributed by atoms with Crippen molar-refractivity contribution >= 4 is 11.7 Å². The van der Waals surface area contributed by atoms with E-state index in [1.165, 1.54) is 33.4 Å². The summed E-state index contributed by atoms with van der Waals surface area (Å²) in [5, 5.41) is 0. The van der Waals surface area contributed by atoms with Crippen LogP contribution in [0.25, 0.3) is 5.57 Å². The zero-order valence-electron chi connectivity index (χ0n) is 18.2. The Morgan fingerprint density at radius 2 is 1.79 bits per heavy atom. The number of fused-ring (bicyclic) bond motifs is 3. The average Bonchev–Trinajstić information content (AvgIpc) is 2.97. The number of benzene rings is 2. The molecule has 0 radical (unpaired) electrons.